The van der Waals surface area contributed by atoms with E-state index >= 15 is 0 Å². The van der Waals surface area contributed by atoms with Crippen LogP contribution in [0.3, 0.4) is 0 Å². The molecule has 5 heteroatoms. The van der Waals surface area contributed by atoms with Crippen molar-refractivity contribution >= 4 is 5.91 Å². The van der Waals surface area contributed by atoms with Gasteiger partial charge in [-0.25, -0.2) is 4.98 Å². The van der Waals surface area contributed by atoms with Gasteiger partial charge in [-0.1, -0.05) is 13.8 Å². The minimum absolute atomic E-state index is 0.0105. The lowest BCUT2D eigenvalue weighted by Gasteiger charge is -2.16. The molecular weight excluding hydrogens is 280 g/mol. The van der Waals surface area contributed by atoms with E-state index in [0.717, 1.165) is 18.4 Å². The maximum Gasteiger partial charge on any atom is 0.225 e. The highest BCUT2D eigenvalue weighted by atomic mass is 16.5. The van der Waals surface area contributed by atoms with Crippen LogP contribution in [0.25, 0.3) is 0 Å². The molecule has 2 rings (SSSR count). The Morgan fingerprint density at radius 3 is 3.00 bits per heavy atom. The molecule has 22 heavy (non-hydrogen) atoms. The van der Waals surface area contributed by atoms with E-state index in [1.54, 1.807) is 6.20 Å². The summed E-state index contributed by atoms with van der Waals surface area (Å²) >= 11 is 0. The lowest BCUT2D eigenvalue weighted by molar-refractivity contribution is -0.125. The second-order valence-corrected chi connectivity index (χ2v) is 6.34. The van der Waals surface area contributed by atoms with Crippen LogP contribution in [0.1, 0.15) is 39.2 Å². The zero-order valence-electron chi connectivity index (χ0n) is 13.7. The first-order valence-electron chi connectivity index (χ1n) is 8.01. The number of aromatic nitrogens is 1. The van der Waals surface area contributed by atoms with Gasteiger partial charge in [-0.05, 0) is 37.3 Å². The lowest BCUT2D eigenvalue weighted by atomic mass is 10.1. The summed E-state index contributed by atoms with van der Waals surface area (Å²) in [7, 11) is 0. The Labute approximate surface area is 132 Å². The minimum atomic E-state index is -0.0105. The first kappa shape index (κ1) is 16.7. The predicted octanol–water partition coefficient (Wildman–Crippen LogP) is 2.55. The van der Waals surface area contributed by atoms with Crippen molar-refractivity contribution in [3.05, 3.63) is 23.9 Å². The fourth-order valence-corrected chi connectivity index (χ4v) is 2.62. The van der Waals surface area contributed by atoms with Crippen molar-refractivity contribution < 1.29 is 14.3 Å². The Hall–Kier alpha value is -1.62. The van der Waals surface area contributed by atoms with E-state index in [-0.39, 0.29) is 17.9 Å². The minimum Gasteiger partial charge on any atom is -0.475 e. The molecule has 0 unspecified atom stereocenters. The van der Waals surface area contributed by atoms with Crippen LogP contribution in [-0.2, 0) is 16.1 Å². The van der Waals surface area contributed by atoms with Crippen molar-refractivity contribution in [1.82, 2.24) is 10.3 Å². The summed E-state index contributed by atoms with van der Waals surface area (Å²) in [5.74, 6) is 1.25. The van der Waals surface area contributed by atoms with Gasteiger partial charge in [0.1, 0.15) is 0 Å². The van der Waals surface area contributed by atoms with Gasteiger partial charge in [0.25, 0.3) is 0 Å². The molecule has 1 aromatic rings. The van der Waals surface area contributed by atoms with Crippen molar-refractivity contribution in [1.29, 1.82) is 0 Å². The molecule has 1 amide bonds. The molecule has 0 saturated carbocycles. The molecule has 1 N–H and O–H groups in total. The maximum atomic E-state index is 12.0. The zero-order valence-corrected chi connectivity index (χ0v) is 13.7. The number of hydrogen-bond acceptors (Lipinski definition) is 4. The number of ether oxygens (including phenoxy) is 2. The molecule has 1 aromatic heterocycles. The molecule has 1 fully saturated rings. The number of amides is 1. The van der Waals surface area contributed by atoms with Gasteiger partial charge < -0.3 is 14.8 Å². The van der Waals surface area contributed by atoms with Crippen molar-refractivity contribution in [2.75, 3.05) is 13.2 Å². The molecule has 2 heterocycles. The Morgan fingerprint density at radius 2 is 2.32 bits per heavy atom. The summed E-state index contributed by atoms with van der Waals surface area (Å²) in [5, 5.41) is 2.95. The highest BCUT2D eigenvalue weighted by molar-refractivity contribution is 5.78. The van der Waals surface area contributed by atoms with Crippen LogP contribution in [0.2, 0.25) is 0 Å². The Morgan fingerprint density at radius 1 is 1.50 bits per heavy atom. The van der Waals surface area contributed by atoms with Gasteiger partial charge >= 0.3 is 0 Å². The number of hydrogen-bond donors (Lipinski definition) is 1. The van der Waals surface area contributed by atoms with Gasteiger partial charge in [0, 0.05) is 25.4 Å². The number of carbonyl (C=O) groups is 1. The molecule has 0 spiro atoms. The van der Waals surface area contributed by atoms with Gasteiger partial charge in [-0.15, -0.1) is 0 Å². The first-order chi connectivity index (χ1) is 10.5. The van der Waals surface area contributed by atoms with E-state index in [4.69, 9.17) is 9.47 Å². The number of nitrogens with one attached hydrogen (secondary N) is 1. The number of pyridine rings is 1. The molecule has 5 nitrogen and oxygen atoms in total. The second-order valence-electron chi connectivity index (χ2n) is 6.34. The number of carbonyl (C=O) groups excluding carboxylic acids is 1. The molecule has 2 atom stereocenters. The fraction of sp³-hybridized carbons (Fsp3) is 0.647. The van der Waals surface area contributed by atoms with E-state index in [2.05, 4.69) is 31.1 Å². The quantitative estimate of drug-likeness (QED) is 0.841. The molecule has 122 valence electrons. The van der Waals surface area contributed by atoms with Crippen LogP contribution in [0.15, 0.2) is 18.3 Å². The summed E-state index contributed by atoms with van der Waals surface area (Å²) < 4.78 is 11.1. The van der Waals surface area contributed by atoms with Gasteiger partial charge in [-0.3, -0.25) is 4.79 Å². The molecule has 1 aliphatic rings. The average Bonchev–Trinajstić information content (AvgIpc) is 2.98. The third kappa shape index (κ3) is 5.30. The summed E-state index contributed by atoms with van der Waals surface area (Å²) in [6, 6.07) is 3.79. The van der Waals surface area contributed by atoms with E-state index in [9.17, 15) is 4.79 Å². The zero-order chi connectivity index (χ0) is 15.9. The van der Waals surface area contributed by atoms with Crippen LogP contribution in [0.4, 0.5) is 0 Å². The monoisotopic (exact) mass is 306 g/mol. The molecule has 0 radical (unpaired) electrons. The maximum absolute atomic E-state index is 12.0. The number of rotatable bonds is 7. The largest absolute Gasteiger partial charge is 0.475 e. The molecule has 1 saturated heterocycles. The standard InChI is InChI=1S/C17H26N2O3/c1-12(2)8-13(3)22-16-9-14(4-6-18-16)10-19-17(20)15-5-7-21-11-15/h4,6,9,12-13,15H,5,7-8,10-11H2,1-3H3,(H,19,20)/t13-,15+/m0/s1. The third-order valence-electron chi connectivity index (χ3n) is 3.69. The molecule has 0 aliphatic carbocycles. The predicted molar refractivity (Wildman–Crippen MR) is 84.6 cm³/mol. The Balaban J connectivity index is 1.84. The summed E-state index contributed by atoms with van der Waals surface area (Å²) in [6.07, 6.45) is 3.65. The molecular formula is C17H26N2O3. The Kier molecular flexibility index (Phi) is 6.19. The molecule has 0 bridgehead atoms. The SMILES string of the molecule is CC(C)C[C@H](C)Oc1cc(CNC(=O)[C@@H]2CCOC2)ccn1. The van der Waals surface area contributed by atoms with Crippen LogP contribution < -0.4 is 10.1 Å². The summed E-state index contributed by atoms with van der Waals surface area (Å²) in [6.45, 7) is 8.10. The molecule has 0 aromatic carbocycles. The van der Waals surface area contributed by atoms with E-state index in [1.807, 2.05) is 12.1 Å². The van der Waals surface area contributed by atoms with E-state index in [0.29, 0.717) is 31.6 Å². The molecule has 1 aliphatic heterocycles. The van der Waals surface area contributed by atoms with Crippen LogP contribution in [0, 0.1) is 11.8 Å². The smallest absolute Gasteiger partial charge is 0.225 e. The first-order valence-corrected chi connectivity index (χ1v) is 8.01. The van der Waals surface area contributed by atoms with E-state index < -0.39 is 0 Å². The summed E-state index contributed by atoms with van der Waals surface area (Å²) in [5.41, 5.74) is 0.994. The van der Waals surface area contributed by atoms with Crippen molar-refractivity contribution in [3.63, 3.8) is 0 Å². The van der Waals surface area contributed by atoms with Crippen molar-refractivity contribution in [2.45, 2.75) is 46.3 Å². The highest BCUT2D eigenvalue weighted by Crippen LogP contribution is 2.16. The topological polar surface area (TPSA) is 60.5 Å². The lowest BCUT2D eigenvalue weighted by Crippen LogP contribution is -2.30. The van der Waals surface area contributed by atoms with Gasteiger partial charge in [0.2, 0.25) is 11.8 Å². The van der Waals surface area contributed by atoms with Gasteiger partial charge in [-0.2, -0.15) is 0 Å². The highest BCUT2D eigenvalue weighted by Gasteiger charge is 2.23. The van der Waals surface area contributed by atoms with Crippen LogP contribution >= 0.6 is 0 Å². The fourth-order valence-electron chi connectivity index (χ4n) is 2.62. The van der Waals surface area contributed by atoms with Crippen LogP contribution in [-0.4, -0.2) is 30.2 Å². The normalized spacial score (nSPS) is 19.2. The van der Waals surface area contributed by atoms with E-state index in [1.165, 1.54) is 0 Å². The van der Waals surface area contributed by atoms with Crippen LogP contribution in [0.5, 0.6) is 5.88 Å². The van der Waals surface area contributed by atoms with Gasteiger partial charge in [0.15, 0.2) is 0 Å². The Bertz CT molecular complexity index is 485. The van der Waals surface area contributed by atoms with Crippen molar-refractivity contribution in [2.24, 2.45) is 11.8 Å². The second kappa shape index (κ2) is 8.13. The van der Waals surface area contributed by atoms with Gasteiger partial charge in [0.05, 0.1) is 18.6 Å². The van der Waals surface area contributed by atoms with Crippen molar-refractivity contribution in [3.8, 4) is 5.88 Å². The average molecular weight is 306 g/mol. The number of nitrogens with zero attached hydrogens (tertiary/aromatic N) is 1. The summed E-state index contributed by atoms with van der Waals surface area (Å²) in [4.78, 5) is 16.2. The third-order valence-corrected chi connectivity index (χ3v) is 3.69.